The molecule has 0 aromatic heterocycles. The Kier molecular flexibility index (Phi) is 8.36. The lowest BCUT2D eigenvalue weighted by Crippen LogP contribution is -2.69. The van der Waals surface area contributed by atoms with Crippen LogP contribution in [0, 0.1) is 0 Å². The molecule has 2 aromatic carbocycles. The van der Waals surface area contributed by atoms with Crippen LogP contribution in [0.3, 0.4) is 0 Å². The van der Waals surface area contributed by atoms with Gasteiger partial charge in [0.15, 0.2) is 12.1 Å². The lowest BCUT2D eigenvalue weighted by Gasteiger charge is -2.46. The van der Waals surface area contributed by atoms with Crippen molar-refractivity contribution in [2.45, 2.75) is 102 Å². The van der Waals surface area contributed by atoms with E-state index >= 15 is 0 Å². The summed E-state index contributed by atoms with van der Waals surface area (Å²) in [6.45, 7) is 15.2. The largest absolute Gasteiger partial charge is 0.404 e. The van der Waals surface area contributed by atoms with Gasteiger partial charge in [-0.05, 0) is 42.6 Å². The summed E-state index contributed by atoms with van der Waals surface area (Å²) < 4.78 is 32.2. The lowest BCUT2D eigenvalue weighted by molar-refractivity contribution is -0.267. The van der Waals surface area contributed by atoms with Gasteiger partial charge in [0.05, 0.1) is 12.7 Å². The fourth-order valence-electron chi connectivity index (χ4n) is 5.73. The minimum Gasteiger partial charge on any atom is -0.404 e. The highest BCUT2D eigenvalue weighted by Gasteiger charge is 2.65. The van der Waals surface area contributed by atoms with Gasteiger partial charge in [-0.15, -0.1) is 0 Å². The zero-order valence-electron chi connectivity index (χ0n) is 23.4. The van der Waals surface area contributed by atoms with Crippen LogP contribution in [0.25, 0.3) is 0 Å². The molecule has 0 radical (unpaired) electrons. The Morgan fingerprint density at radius 3 is 2.00 bits per heavy atom. The summed E-state index contributed by atoms with van der Waals surface area (Å²) in [7, 11) is -2.87. The molecule has 2 saturated heterocycles. The van der Waals surface area contributed by atoms with E-state index in [-0.39, 0.29) is 11.6 Å². The van der Waals surface area contributed by atoms with E-state index in [2.05, 4.69) is 76.2 Å². The lowest BCUT2D eigenvalue weighted by atomic mass is 9.90. The monoisotopic (exact) mass is 528 g/mol. The molecule has 2 aliphatic rings. The first-order valence-electron chi connectivity index (χ1n) is 13.5. The van der Waals surface area contributed by atoms with Gasteiger partial charge in [-0.25, -0.2) is 0 Å². The summed E-state index contributed by atoms with van der Waals surface area (Å²) >= 11 is 0. The Morgan fingerprint density at radius 1 is 0.946 bits per heavy atom. The molecule has 2 aromatic rings. The molecule has 0 unspecified atom stereocenters. The molecule has 0 bridgehead atoms. The highest BCUT2D eigenvalue weighted by molar-refractivity contribution is 6.99. The van der Waals surface area contributed by atoms with Gasteiger partial charge in [0, 0.05) is 6.61 Å². The Bertz CT molecular complexity index is 968. The van der Waals surface area contributed by atoms with E-state index in [0.717, 1.165) is 12.8 Å². The first-order chi connectivity index (χ1) is 17.5. The number of aliphatic hydroxyl groups is 1. The van der Waals surface area contributed by atoms with Crippen LogP contribution in [0.5, 0.6) is 0 Å². The second-order valence-electron chi connectivity index (χ2n) is 11.8. The van der Waals surface area contributed by atoms with E-state index in [0.29, 0.717) is 6.61 Å². The summed E-state index contributed by atoms with van der Waals surface area (Å²) in [6, 6.07) is 21.0. The normalized spacial score (nSPS) is 28.3. The Hall–Kier alpha value is -1.58. The minimum atomic E-state index is -2.87. The van der Waals surface area contributed by atoms with Gasteiger partial charge in [-0.2, -0.15) is 0 Å². The Morgan fingerprint density at radius 2 is 1.51 bits per heavy atom. The van der Waals surface area contributed by atoms with Crippen LogP contribution < -0.4 is 10.4 Å². The van der Waals surface area contributed by atoms with Crippen molar-refractivity contribution in [2.24, 2.45) is 0 Å². The molecule has 1 N–H and O–H groups in total. The highest BCUT2D eigenvalue weighted by atomic mass is 28.4. The fraction of sp³-hybridized carbons (Fsp3) is 0.600. The van der Waals surface area contributed by atoms with E-state index in [4.69, 9.17) is 23.4 Å². The zero-order valence-corrected chi connectivity index (χ0v) is 24.4. The number of rotatable bonds is 10. The summed E-state index contributed by atoms with van der Waals surface area (Å²) in [5.41, 5.74) is -1.15. The zero-order chi connectivity index (χ0) is 26.9. The summed E-state index contributed by atoms with van der Waals surface area (Å²) in [4.78, 5) is 0. The predicted molar refractivity (Wildman–Crippen MR) is 148 cm³/mol. The maximum absolute atomic E-state index is 11.7. The van der Waals surface area contributed by atoms with Gasteiger partial charge in [0.2, 0.25) is 0 Å². The van der Waals surface area contributed by atoms with Crippen LogP contribution in [0.1, 0.15) is 61.3 Å². The van der Waals surface area contributed by atoms with Gasteiger partial charge in [0.1, 0.15) is 17.8 Å². The summed E-state index contributed by atoms with van der Waals surface area (Å²) in [5, 5.41) is 13.9. The number of benzene rings is 2. The topological polar surface area (TPSA) is 66.4 Å². The molecule has 0 aliphatic carbocycles. The predicted octanol–water partition coefficient (Wildman–Crippen LogP) is 4.38. The van der Waals surface area contributed by atoms with Crippen molar-refractivity contribution in [2.75, 3.05) is 13.2 Å². The van der Waals surface area contributed by atoms with Crippen molar-refractivity contribution in [1.82, 2.24) is 0 Å². The smallest absolute Gasteiger partial charge is 0.261 e. The molecule has 0 spiro atoms. The van der Waals surface area contributed by atoms with Crippen LogP contribution >= 0.6 is 0 Å². The highest BCUT2D eigenvalue weighted by Crippen LogP contribution is 2.46. The first-order valence-corrected chi connectivity index (χ1v) is 15.5. The van der Waals surface area contributed by atoms with Gasteiger partial charge < -0.3 is 28.5 Å². The molecule has 2 fully saturated rings. The second kappa shape index (κ2) is 10.9. The standard InChI is InChI=1S/C30H44O6Si/c1-8-9-20-32-22(2)30(26(31)25-27(36-30)35-29(6,7)34-25)21-33-37(28(3,4)5,23-16-12-10-13-17-23)24-18-14-11-15-19-24/h10-19,22,25-27,31H,8-9,20-21H2,1-7H3/t22-,25+,26+,27-,30-/m0/s1. The second-order valence-corrected chi connectivity index (χ2v) is 16.1. The third-order valence-corrected chi connectivity index (χ3v) is 12.7. The Labute approximate surface area is 223 Å². The number of aliphatic hydroxyl groups excluding tert-OH is 1. The molecule has 4 rings (SSSR count). The van der Waals surface area contributed by atoms with Crippen LogP contribution in [-0.2, 0) is 23.4 Å². The van der Waals surface area contributed by atoms with Gasteiger partial charge in [0.25, 0.3) is 8.32 Å². The molecule has 0 amide bonds. The van der Waals surface area contributed by atoms with Crippen LogP contribution in [0.4, 0.5) is 0 Å². The van der Waals surface area contributed by atoms with Crippen molar-refractivity contribution < 1.29 is 28.5 Å². The van der Waals surface area contributed by atoms with Crippen LogP contribution in [0.2, 0.25) is 5.04 Å². The van der Waals surface area contributed by atoms with E-state index < -0.39 is 44.3 Å². The molecule has 2 aliphatic heterocycles. The number of hydrogen-bond donors (Lipinski definition) is 1. The molecular formula is C30H44O6Si. The van der Waals surface area contributed by atoms with Gasteiger partial charge in [-0.1, -0.05) is 94.8 Å². The molecule has 37 heavy (non-hydrogen) atoms. The third-order valence-electron chi connectivity index (χ3n) is 7.72. The molecule has 6 nitrogen and oxygen atoms in total. The average Bonchev–Trinajstić information content (AvgIpc) is 3.29. The molecule has 2 heterocycles. The summed E-state index contributed by atoms with van der Waals surface area (Å²) in [6.07, 6.45) is -0.769. The maximum Gasteiger partial charge on any atom is 0.261 e. The quantitative estimate of drug-likeness (QED) is 0.365. The van der Waals surface area contributed by atoms with Crippen LogP contribution in [-0.4, -0.2) is 62.6 Å². The van der Waals surface area contributed by atoms with Crippen molar-refractivity contribution in [3.05, 3.63) is 60.7 Å². The third kappa shape index (κ3) is 5.32. The van der Waals surface area contributed by atoms with E-state index in [9.17, 15) is 5.11 Å². The van der Waals surface area contributed by atoms with Crippen molar-refractivity contribution in [3.8, 4) is 0 Å². The van der Waals surface area contributed by atoms with Gasteiger partial charge >= 0.3 is 0 Å². The van der Waals surface area contributed by atoms with E-state index in [1.165, 1.54) is 10.4 Å². The fourth-order valence-corrected chi connectivity index (χ4v) is 10.3. The van der Waals surface area contributed by atoms with Crippen LogP contribution in [0.15, 0.2) is 60.7 Å². The van der Waals surface area contributed by atoms with E-state index in [1.54, 1.807) is 0 Å². The number of hydrogen-bond acceptors (Lipinski definition) is 6. The number of ether oxygens (including phenoxy) is 4. The van der Waals surface area contributed by atoms with Gasteiger partial charge in [-0.3, -0.25) is 0 Å². The van der Waals surface area contributed by atoms with E-state index in [1.807, 2.05) is 32.9 Å². The van der Waals surface area contributed by atoms with Crippen molar-refractivity contribution >= 4 is 18.7 Å². The Balaban J connectivity index is 1.75. The molecular weight excluding hydrogens is 484 g/mol. The molecule has 5 atom stereocenters. The minimum absolute atomic E-state index is 0.148. The molecule has 7 heteroatoms. The maximum atomic E-state index is 11.7. The first kappa shape index (κ1) is 28.4. The SMILES string of the molecule is CCCCO[C@@H](C)[C@]1(CO[Si](c2ccccc2)(c2ccccc2)C(C)(C)C)O[C@@H]2OC(C)(C)O[C@@H]2[C@H]1O. The molecule has 204 valence electrons. The summed E-state index contributed by atoms with van der Waals surface area (Å²) in [5.74, 6) is -0.826. The van der Waals surface area contributed by atoms with Crippen molar-refractivity contribution in [3.63, 3.8) is 0 Å². The molecule has 0 saturated carbocycles. The average molecular weight is 529 g/mol. The van der Waals surface area contributed by atoms with Crippen molar-refractivity contribution in [1.29, 1.82) is 0 Å². The number of unbranched alkanes of at least 4 members (excludes halogenated alkanes) is 1. The number of fused-ring (bicyclic) bond motifs is 1.